The lowest BCUT2D eigenvalue weighted by Crippen LogP contribution is -2.56. The molecular weight excluding hydrogens is 494 g/mol. The van der Waals surface area contributed by atoms with Crippen LogP contribution < -0.4 is 11.1 Å². The highest BCUT2D eigenvalue weighted by atomic mass is 16.4. The molecule has 2 aliphatic heterocycles. The predicted molar refractivity (Wildman–Crippen MR) is 136 cm³/mol. The van der Waals surface area contributed by atoms with Crippen LogP contribution in [0.1, 0.15) is 44.1 Å². The van der Waals surface area contributed by atoms with E-state index in [1.165, 1.54) is 9.80 Å². The number of nitrogens with two attached hydrogens (primary N) is 1. The molecule has 1 aromatic heterocycles. The molecule has 0 aliphatic carbocycles. The van der Waals surface area contributed by atoms with Crippen LogP contribution in [0.3, 0.4) is 0 Å². The number of aliphatic carboxylic acids is 2. The Kier molecular flexibility index (Phi) is 8.30. The number of carboxylic acid groups (broad SMARTS) is 2. The smallest absolute Gasteiger partial charge is 0.326 e. The maximum Gasteiger partial charge on any atom is 0.326 e. The third-order valence-electron chi connectivity index (χ3n) is 7.35. The van der Waals surface area contributed by atoms with Crippen molar-refractivity contribution in [2.24, 2.45) is 5.73 Å². The summed E-state index contributed by atoms with van der Waals surface area (Å²) < 4.78 is 0. The molecular formula is C26H33N5O7. The van der Waals surface area contributed by atoms with E-state index in [0.29, 0.717) is 45.2 Å². The number of carbonyl (C=O) groups is 5. The molecule has 0 saturated carbocycles. The number of hydrogen-bond acceptors (Lipinski definition) is 6. The zero-order valence-corrected chi connectivity index (χ0v) is 21.0. The minimum Gasteiger partial charge on any atom is -0.481 e. The highest BCUT2D eigenvalue weighted by Crippen LogP contribution is 2.26. The quantitative estimate of drug-likeness (QED) is 0.295. The van der Waals surface area contributed by atoms with Crippen molar-refractivity contribution in [3.8, 4) is 0 Å². The van der Waals surface area contributed by atoms with E-state index in [1.54, 1.807) is 0 Å². The number of likely N-dealkylation sites (tertiary alicyclic amines) is 2. The molecule has 6 N–H and O–H groups in total. The van der Waals surface area contributed by atoms with Gasteiger partial charge in [0, 0.05) is 36.6 Å². The third kappa shape index (κ3) is 5.80. The summed E-state index contributed by atoms with van der Waals surface area (Å²) in [4.78, 5) is 68.2. The van der Waals surface area contributed by atoms with Gasteiger partial charge in [0.25, 0.3) is 0 Å². The van der Waals surface area contributed by atoms with Gasteiger partial charge in [-0.15, -0.1) is 0 Å². The van der Waals surface area contributed by atoms with Gasteiger partial charge in [0.1, 0.15) is 18.1 Å². The monoisotopic (exact) mass is 527 g/mol. The fraction of sp³-hybridized carbons (Fsp3) is 0.500. The zero-order valence-electron chi connectivity index (χ0n) is 21.0. The minimum atomic E-state index is -1.37. The molecule has 2 aromatic rings. The Labute approximate surface area is 219 Å². The molecule has 4 unspecified atom stereocenters. The summed E-state index contributed by atoms with van der Waals surface area (Å²) in [5.41, 5.74) is 8.17. The van der Waals surface area contributed by atoms with Crippen LogP contribution in [0.2, 0.25) is 0 Å². The predicted octanol–water partition coefficient (Wildman–Crippen LogP) is 0.454. The van der Waals surface area contributed by atoms with Crippen molar-refractivity contribution in [2.45, 2.75) is 69.1 Å². The molecule has 4 atom stereocenters. The van der Waals surface area contributed by atoms with Gasteiger partial charge in [-0.2, -0.15) is 0 Å². The van der Waals surface area contributed by atoms with Crippen molar-refractivity contribution in [3.05, 3.63) is 36.0 Å². The van der Waals surface area contributed by atoms with Crippen LogP contribution in [0.4, 0.5) is 0 Å². The highest BCUT2D eigenvalue weighted by molar-refractivity contribution is 5.95. The number of carboxylic acids is 2. The number of aromatic nitrogens is 1. The maximum absolute atomic E-state index is 13.5. The number of fused-ring (bicyclic) bond motifs is 1. The van der Waals surface area contributed by atoms with Gasteiger partial charge in [-0.05, 0) is 50.2 Å². The first kappa shape index (κ1) is 27.1. The molecule has 2 aliphatic rings. The number of nitrogens with one attached hydrogen (secondary N) is 2. The van der Waals surface area contributed by atoms with Crippen LogP contribution in [0.15, 0.2) is 30.5 Å². The molecule has 1 aromatic carbocycles. The summed E-state index contributed by atoms with van der Waals surface area (Å²) in [5.74, 6) is -3.83. The largest absolute Gasteiger partial charge is 0.481 e. The highest BCUT2D eigenvalue weighted by Gasteiger charge is 2.43. The number of hydrogen-bond donors (Lipinski definition) is 5. The van der Waals surface area contributed by atoms with E-state index in [4.69, 9.17) is 10.8 Å². The van der Waals surface area contributed by atoms with E-state index in [9.17, 15) is 29.1 Å². The van der Waals surface area contributed by atoms with Gasteiger partial charge < -0.3 is 36.0 Å². The van der Waals surface area contributed by atoms with Gasteiger partial charge in [-0.3, -0.25) is 19.2 Å². The molecule has 0 spiro atoms. The van der Waals surface area contributed by atoms with E-state index >= 15 is 0 Å². The first-order valence-electron chi connectivity index (χ1n) is 12.8. The standard InChI is InChI=1S/C26H33N5O7/c27-17(13-15-14-28-18-6-2-1-5-16(15)18)24(35)31-12-4-8-21(31)25(36)30-11-3-7-20(30)23(34)29-19(26(37)38)9-10-22(32)33/h1-2,5-6,14,17,19-21,28H,3-4,7-13,27H2,(H,29,34)(H,32,33)(H,37,38). The number of aromatic amines is 1. The zero-order chi connectivity index (χ0) is 27.4. The Morgan fingerprint density at radius 1 is 1.03 bits per heavy atom. The molecule has 12 nitrogen and oxygen atoms in total. The van der Waals surface area contributed by atoms with Crippen molar-refractivity contribution in [2.75, 3.05) is 13.1 Å². The summed E-state index contributed by atoms with van der Waals surface area (Å²) >= 11 is 0. The topological polar surface area (TPSA) is 186 Å². The van der Waals surface area contributed by atoms with Crippen molar-refractivity contribution in [1.29, 1.82) is 0 Å². The van der Waals surface area contributed by atoms with E-state index in [1.807, 2.05) is 30.5 Å². The minimum absolute atomic E-state index is 0.268. The lowest BCUT2D eigenvalue weighted by atomic mass is 10.0. The van der Waals surface area contributed by atoms with E-state index in [-0.39, 0.29) is 18.2 Å². The molecule has 0 radical (unpaired) electrons. The molecule has 38 heavy (non-hydrogen) atoms. The lowest BCUT2D eigenvalue weighted by molar-refractivity contribution is -0.148. The first-order chi connectivity index (χ1) is 18.2. The second-order valence-electron chi connectivity index (χ2n) is 9.88. The number of benzene rings is 1. The van der Waals surface area contributed by atoms with Crippen molar-refractivity contribution >= 4 is 40.6 Å². The molecule has 2 saturated heterocycles. The number of para-hydroxylation sites is 1. The maximum atomic E-state index is 13.5. The van der Waals surface area contributed by atoms with Gasteiger partial charge >= 0.3 is 11.9 Å². The Morgan fingerprint density at radius 3 is 2.42 bits per heavy atom. The van der Waals surface area contributed by atoms with E-state index in [0.717, 1.165) is 16.5 Å². The average molecular weight is 528 g/mol. The van der Waals surface area contributed by atoms with Crippen molar-refractivity contribution in [1.82, 2.24) is 20.1 Å². The molecule has 4 rings (SSSR count). The number of amides is 3. The fourth-order valence-electron chi connectivity index (χ4n) is 5.41. The Bertz CT molecular complexity index is 1230. The van der Waals surface area contributed by atoms with Crippen molar-refractivity contribution in [3.63, 3.8) is 0 Å². The number of carbonyl (C=O) groups excluding carboxylic acids is 3. The molecule has 3 amide bonds. The lowest BCUT2D eigenvalue weighted by Gasteiger charge is -2.32. The summed E-state index contributed by atoms with van der Waals surface area (Å²) in [6.07, 6.45) is 3.44. The third-order valence-corrected chi connectivity index (χ3v) is 7.35. The number of rotatable bonds is 10. The summed E-state index contributed by atoms with van der Waals surface area (Å²) in [6, 6.07) is 3.88. The Morgan fingerprint density at radius 2 is 1.71 bits per heavy atom. The first-order valence-corrected chi connectivity index (χ1v) is 12.8. The number of nitrogens with zero attached hydrogens (tertiary/aromatic N) is 2. The van der Waals surface area contributed by atoms with Gasteiger partial charge in [-0.1, -0.05) is 18.2 Å². The van der Waals surface area contributed by atoms with Gasteiger partial charge in [0.2, 0.25) is 17.7 Å². The summed E-state index contributed by atoms with van der Waals surface area (Å²) in [5, 5.41) is 21.6. The van der Waals surface area contributed by atoms with Crippen LogP contribution >= 0.6 is 0 Å². The van der Waals surface area contributed by atoms with Crippen molar-refractivity contribution < 1.29 is 34.2 Å². The van der Waals surface area contributed by atoms with Crippen LogP contribution in [-0.4, -0.2) is 91.9 Å². The SMILES string of the molecule is NC(Cc1c[nH]c2ccccc12)C(=O)N1CCCC1C(=O)N1CCCC1C(=O)NC(CCC(=O)O)C(=O)O. The number of H-pyrrole nitrogens is 1. The molecule has 0 bridgehead atoms. The Hall–Kier alpha value is -3.93. The molecule has 2 fully saturated rings. The van der Waals surface area contributed by atoms with Crippen LogP contribution in [0, 0.1) is 0 Å². The van der Waals surface area contributed by atoms with Crippen LogP contribution in [0.25, 0.3) is 10.9 Å². The summed E-state index contributed by atoms with van der Waals surface area (Å²) in [6.45, 7) is 0.696. The second kappa shape index (κ2) is 11.6. The molecule has 3 heterocycles. The molecule has 204 valence electrons. The normalized spacial score (nSPS) is 20.9. The van der Waals surface area contributed by atoms with Gasteiger partial charge in [0.15, 0.2) is 0 Å². The fourth-order valence-corrected chi connectivity index (χ4v) is 5.41. The van der Waals surface area contributed by atoms with Crippen LogP contribution in [-0.2, 0) is 30.4 Å². The van der Waals surface area contributed by atoms with E-state index < -0.39 is 48.4 Å². The van der Waals surface area contributed by atoms with Crippen LogP contribution in [0.5, 0.6) is 0 Å². The summed E-state index contributed by atoms with van der Waals surface area (Å²) in [7, 11) is 0. The van der Waals surface area contributed by atoms with Gasteiger partial charge in [0.05, 0.1) is 6.04 Å². The Balaban J connectivity index is 1.41. The average Bonchev–Trinajstić information content (AvgIpc) is 3.65. The van der Waals surface area contributed by atoms with Gasteiger partial charge in [-0.25, -0.2) is 4.79 Å². The molecule has 12 heteroatoms. The van der Waals surface area contributed by atoms with E-state index in [2.05, 4.69) is 10.3 Å². The second-order valence-corrected chi connectivity index (χ2v) is 9.88.